The Labute approximate surface area is 132 Å². The lowest BCUT2D eigenvalue weighted by molar-refractivity contribution is 0.590. The third-order valence-corrected chi connectivity index (χ3v) is 4.00. The van der Waals surface area contributed by atoms with Crippen LogP contribution in [0.3, 0.4) is 0 Å². The number of hydrogen-bond donors (Lipinski definition) is 0. The zero-order valence-corrected chi connectivity index (χ0v) is 14.3. The molecule has 0 aliphatic heterocycles. The molecular formula is C18H23ClN2. The fourth-order valence-electron chi connectivity index (χ4n) is 2.28. The highest BCUT2D eigenvalue weighted by molar-refractivity contribution is 6.30. The van der Waals surface area contributed by atoms with Gasteiger partial charge in [-0.15, -0.1) is 0 Å². The molecule has 0 fully saturated rings. The van der Waals surface area contributed by atoms with Crippen LogP contribution < -0.4 is 0 Å². The van der Waals surface area contributed by atoms with Crippen LogP contribution in [0.25, 0.3) is 11.3 Å². The van der Waals surface area contributed by atoms with Gasteiger partial charge in [-0.25, -0.2) is 9.97 Å². The van der Waals surface area contributed by atoms with Crippen molar-refractivity contribution in [1.29, 1.82) is 0 Å². The van der Waals surface area contributed by atoms with Crippen LogP contribution in [0.5, 0.6) is 0 Å². The lowest BCUT2D eigenvalue weighted by Gasteiger charge is -2.19. The molecule has 0 atom stereocenters. The van der Waals surface area contributed by atoms with Gasteiger partial charge >= 0.3 is 0 Å². The normalized spacial score (nSPS) is 11.7. The molecule has 0 saturated heterocycles. The minimum atomic E-state index is 0.157. The summed E-state index contributed by atoms with van der Waals surface area (Å²) in [5.74, 6) is 0.822. The monoisotopic (exact) mass is 302 g/mol. The van der Waals surface area contributed by atoms with Crippen molar-refractivity contribution in [2.75, 3.05) is 0 Å². The molecule has 0 spiro atoms. The number of rotatable bonds is 3. The molecule has 0 N–H and O–H groups in total. The zero-order chi connectivity index (χ0) is 15.6. The van der Waals surface area contributed by atoms with Crippen molar-refractivity contribution >= 4 is 11.6 Å². The molecular weight excluding hydrogens is 280 g/mol. The molecule has 0 amide bonds. The first kappa shape index (κ1) is 16.0. The van der Waals surface area contributed by atoms with Crippen LogP contribution in [0.2, 0.25) is 5.15 Å². The summed E-state index contributed by atoms with van der Waals surface area (Å²) in [4.78, 5) is 9.05. The molecule has 1 aromatic carbocycles. The van der Waals surface area contributed by atoms with E-state index in [1.807, 2.05) is 6.92 Å². The van der Waals surface area contributed by atoms with E-state index < -0.39 is 0 Å². The Hall–Kier alpha value is -1.41. The average molecular weight is 303 g/mol. The molecule has 3 heteroatoms. The summed E-state index contributed by atoms with van der Waals surface area (Å²) >= 11 is 6.26. The Bertz CT molecular complexity index is 625. The van der Waals surface area contributed by atoms with Gasteiger partial charge in [0.2, 0.25) is 0 Å². The summed E-state index contributed by atoms with van der Waals surface area (Å²) in [5, 5.41) is 0.559. The van der Waals surface area contributed by atoms with E-state index in [4.69, 9.17) is 11.6 Å². The summed E-state index contributed by atoms with van der Waals surface area (Å²) < 4.78 is 0. The van der Waals surface area contributed by atoms with E-state index in [2.05, 4.69) is 61.9 Å². The molecule has 2 nitrogen and oxygen atoms in total. The van der Waals surface area contributed by atoms with Crippen LogP contribution in [-0.2, 0) is 11.8 Å². The van der Waals surface area contributed by atoms with Crippen molar-refractivity contribution in [3.8, 4) is 11.3 Å². The van der Waals surface area contributed by atoms with Gasteiger partial charge < -0.3 is 0 Å². The maximum Gasteiger partial charge on any atom is 0.136 e. The molecule has 1 heterocycles. The first-order valence-electron chi connectivity index (χ1n) is 7.47. The quantitative estimate of drug-likeness (QED) is 0.714. The number of aryl methyl sites for hydroxylation is 1. The highest BCUT2D eigenvalue weighted by Crippen LogP contribution is 2.29. The lowest BCUT2D eigenvalue weighted by atomic mass is 9.86. The zero-order valence-electron chi connectivity index (χ0n) is 13.5. The minimum Gasteiger partial charge on any atom is -0.233 e. The maximum absolute atomic E-state index is 6.26. The van der Waals surface area contributed by atoms with Gasteiger partial charge in [0.25, 0.3) is 0 Å². The standard InChI is InChI=1S/C18H23ClN2/c1-6-7-15-20-16(12(2)17(19)21-15)13-8-10-14(11-9-13)18(3,4)5/h8-11H,6-7H2,1-5H3. The summed E-state index contributed by atoms with van der Waals surface area (Å²) in [6.07, 6.45) is 1.87. The predicted octanol–water partition coefficient (Wildman–Crippen LogP) is 5.36. The lowest BCUT2D eigenvalue weighted by Crippen LogP contribution is -2.10. The van der Waals surface area contributed by atoms with Gasteiger partial charge in [-0.3, -0.25) is 0 Å². The second-order valence-corrected chi connectivity index (χ2v) is 6.84. The van der Waals surface area contributed by atoms with Gasteiger partial charge in [0.05, 0.1) is 5.69 Å². The molecule has 112 valence electrons. The highest BCUT2D eigenvalue weighted by Gasteiger charge is 2.15. The van der Waals surface area contributed by atoms with Gasteiger partial charge in [-0.05, 0) is 24.3 Å². The van der Waals surface area contributed by atoms with Crippen LogP contribution >= 0.6 is 11.6 Å². The predicted molar refractivity (Wildman–Crippen MR) is 89.9 cm³/mol. The van der Waals surface area contributed by atoms with Gasteiger partial charge in [0.15, 0.2) is 0 Å². The molecule has 2 rings (SSSR count). The second kappa shape index (κ2) is 6.15. The van der Waals surface area contributed by atoms with Gasteiger partial charge in [-0.1, -0.05) is 63.6 Å². The van der Waals surface area contributed by atoms with Gasteiger partial charge in [0, 0.05) is 17.5 Å². The molecule has 0 bridgehead atoms. The Kier molecular flexibility index (Phi) is 4.67. The molecule has 1 aromatic heterocycles. The highest BCUT2D eigenvalue weighted by atomic mass is 35.5. The van der Waals surface area contributed by atoms with Crippen molar-refractivity contribution < 1.29 is 0 Å². The Morgan fingerprint density at radius 2 is 1.67 bits per heavy atom. The van der Waals surface area contributed by atoms with E-state index in [1.54, 1.807) is 0 Å². The fraction of sp³-hybridized carbons (Fsp3) is 0.444. The summed E-state index contributed by atoms with van der Waals surface area (Å²) in [5.41, 5.74) is 4.46. The number of benzene rings is 1. The maximum atomic E-state index is 6.26. The van der Waals surface area contributed by atoms with Crippen LogP contribution in [0, 0.1) is 6.92 Å². The first-order chi connectivity index (χ1) is 9.82. The molecule has 0 radical (unpaired) electrons. The van der Waals surface area contributed by atoms with E-state index >= 15 is 0 Å². The van der Waals surface area contributed by atoms with E-state index in [1.165, 1.54) is 5.56 Å². The average Bonchev–Trinajstić information content (AvgIpc) is 2.42. The van der Waals surface area contributed by atoms with Crippen molar-refractivity contribution in [3.05, 3.63) is 46.4 Å². The van der Waals surface area contributed by atoms with Crippen LogP contribution in [0.15, 0.2) is 24.3 Å². The van der Waals surface area contributed by atoms with Crippen LogP contribution in [0.1, 0.15) is 51.1 Å². The molecule has 0 unspecified atom stereocenters. The number of hydrogen-bond acceptors (Lipinski definition) is 2. The van der Waals surface area contributed by atoms with Gasteiger partial charge in [0.1, 0.15) is 11.0 Å². The van der Waals surface area contributed by atoms with Crippen LogP contribution in [0.4, 0.5) is 0 Å². The topological polar surface area (TPSA) is 25.8 Å². The minimum absolute atomic E-state index is 0.157. The molecule has 21 heavy (non-hydrogen) atoms. The largest absolute Gasteiger partial charge is 0.233 e. The number of halogens is 1. The second-order valence-electron chi connectivity index (χ2n) is 6.48. The Balaban J connectivity index is 2.46. The summed E-state index contributed by atoms with van der Waals surface area (Å²) in [6, 6.07) is 8.60. The van der Waals surface area contributed by atoms with Crippen molar-refractivity contribution in [1.82, 2.24) is 9.97 Å². The molecule has 0 aliphatic carbocycles. The summed E-state index contributed by atoms with van der Waals surface area (Å²) in [6.45, 7) is 10.7. The van der Waals surface area contributed by atoms with E-state index in [0.717, 1.165) is 35.5 Å². The number of nitrogens with zero attached hydrogens (tertiary/aromatic N) is 2. The van der Waals surface area contributed by atoms with Gasteiger partial charge in [-0.2, -0.15) is 0 Å². The fourth-order valence-corrected chi connectivity index (χ4v) is 2.46. The van der Waals surface area contributed by atoms with E-state index in [-0.39, 0.29) is 5.41 Å². The van der Waals surface area contributed by atoms with E-state index in [0.29, 0.717) is 5.15 Å². The Morgan fingerprint density at radius 3 is 2.19 bits per heavy atom. The van der Waals surface area contributed by atoms with Crippen molar-refractivity contribution in [3.63, 3.8) is 0 Å². The van der Waals surface area contributed by atoms with Crippen LogP contribution in [-0.4, -0.2) is 9.97 Å². The Morgan fingerprint density at radius 1 is 1.05 bits per heavy atom. The third kappa shape index (κ3) is 3.62. The summed E-state index contributed by atoms with van der Waals surface area (Å²) in [7, 11) is 0. The van der Waals surface area contributed by atoms with Crippen molar-refractivity contribution in [2.24, 2.45) is 0 Å². The SMILES string of the molecule is CCCc1nc(Cl)c(C)c(-c2ccc(C(C)(C)C)cc2)n1. The first-order valence-corrected chi connectivity index (χ1v) is 7.84. The molecule has 0 saturated carbocycles. The smallest absolute Gasteiger partial charge is 0.136 e. The van der Waals surface area contributed by atoms with Crippen molar-refractivity contribution in [2.45, 2.75) is 52.9 Å². The third-order valence-electron chi connectivity index (χ3n) is 3.63. The number of aromatic nitrogens is 2. The molecule has 2 aromatic rings. The van der Waals surface area contributed by atoms with E-state index in [9.17, 15) is 0 Å². The molecule has 0 aliphatic rings.